The maximum Gasteiger partial charge on any atom is 0.274 e. The van der Waals surface area contributed by atoms with Crippen molar-refractivity contribution in [2.75, 3.05) is 19.7 Å². The monoisotopic (exact) mass is 417 g/mol. The molecule has 160 valence electrons. The first-order valence-electron chi connectivity index (χ1n) is 11.0. The number of fused-ring (bicyclic) bond motifs is 2. The van der Waals surface area contributed by atoms with Crippen LogP contribution in [-0.4, -0.2) is 50.3 Å². The number of hydrogen-bond donors (Lipinski definition) is 0. The Morgan fingerprint density at radius 1 is 1.19 bits per heavy atom. The minimum absolute atomic E-state index is 0.00570. The highest BCUT2D eigenvalue weighted by Crippen LogP contribution is 2.41. The molecule has 1 fully saturated rings. The second-order valence-corrected chi connectivity index (χ2v) is 8.31. The van der Waals surface area contributed by atoms with E-state index < -0.39 is 5.60 Å². The minimum Gasteiger partial charge on any atom is -0.368 e. The molecule has 3 aromatic rings. The van der Waals surface area contributed by atoms with Gasteiger partial charge in [0.1, 0.15) is 5.60 Å². The average Bonchev–Trinajstić information content (AvgIpc) is 3.20. The summed E-state index contributed by atoms with van der Waals surface area (Å²) in [5, 5.41) is 4.46. The van der Waals surface area contributed by atoms with Gasteiger partial charge in [0.05, 0.1) is 12.3 Å². The number of hydrogen-bond acceptors (Lipinski definition) is 5. The molecule has 0 saturated carbocycles. The Bertz CT molecular complexity index is 1100. The lowest BCUT2D eigenvalue weighted by molar-refractivity contribution is -0.0967. The van der Waals surface area contributed by atoms with Crippen molar-refractivity contribution < 1.29 is 9.53 Å². The molecule has 4 heterocycles. The minimum atomic E-state index is -0.449. The first-order chi connectivity index (χ1) is 15.1. The molecule has 0 aliphatic carbocycles. The summed E-state index contributed by atoms with van der Waals surface area (Å²) in [5.74, 6) is 0.720. The molecular weight excluding hydrogens is 390 g/mol. The Labute approximate surface area is 182 Å². The molecule has 0 radical (unpaired) electrons. The van der Waals surface area contributed by atoms with E-state index >= 15 is 0 Å². The molecule has 1 spiro atoms. The van der Waals surface area contributed by atoms with Crippen LogP contribution in [0.4, 0.5) is 0 Å². The number of carbonyl (C=O) groups is 1. The highest BCUT2D eigenvalue weighted by atomic mass is 16.5. The zero-order chi connectivity index (χ0) is 21.4. The molecule has 2 aromatic heterocycles. The van der Waals surface area contributed by atoms with E-state index in [-0.39, 0.29) is 5.91 Å². The Kier molecular flexibility index (Phi) is 5.06. The summed E-state index contributed by atoms with van der Waals surface area (Å²) in [5.41, 5.74) is 4.23. The number of amides is 1. The van der Waals surface area contributed by atoms with Crippen LogP contribution in [0.2, 0.25) is 0 Å². The summed E-state index contributed by atoms with van der Waals surface area (Å²) in [4.78, 5) is 24.5. The van der Waals surface area contributed by atoms with Crippen molar-refractivity contribution in [3.05, 3.63) is 65.2 Å². The molecule has 0 bridgehead atoms. The van der Waals surface area contributed by atoms with Gasteiger partial charge in [-0.15, -0.1) is 0 Å². The number of benzene rings is 1. The lowest BCUT2D eigenvalue weighted by Crippen LogP contribution is -2.49. The van der Waals surface area contributed by atoms with Crippen LogP contribution in [0.3, 0.4) is 0 Å². The highest BCUT2D eigenvalue weighted by Gasteiger charge is 2.43. The molecule has 7 heteroatoms. The van der Waals surface area contributed by atoms with Crippen LogP contribution in [0.15, 0.2) is 42.6 Å². The van der Waals surface area contributed by atoms with Gasteiger partial charge in [0.25, 0.3) is 5.91 Å². The largest absolute Gasteiger partial charge is 0.368 e. The lowest BCUT2D eigenvalue weighted by Gasteiger charge is -2.44. The molecule has 2 aliphatic rings. The third kappa shape index (κ3) is 3.53. The molecule has 0 atom stereocenters. The van der Waals surface area contributed by atoms with Crippen molar-refractivity contribution in [2.45, 2.75) is 45.3 Å². The zero-order valence-corrected chi connectivity index (χ0v) is 18.0. The Morgan fingerprint density at radius 3 is 2.68 bits per heavy atom. The second-order valence-electron chi connectivity index (χ2n) is 8.31. The van der Waals surface area contributed by atoms with Gasteiger partial charge in [-0.2, -0.15) is 5.10 Å². The van der Waals surface area contributed by atoms with Crippen LogP contribution < -0.4 is 0 Å². The van der Waals surface area contributed by atoms with Crippen LogP contribution in [0.5, 0.6) is 0 Å². The maximum absolute atomic E-state index is 13.0. The first-order valence-corrected chi connectivity index (χ1v) is 11.0. The van der Waals surface area contributed by atoms with E-state index in [9.17, 15) is 4.79 Å². The topological polar surface area (TPSA) is 73.1 Å². The normalized spacial score (nSPS) is 17.5. The van der Waals surface area contributed by atoms with Crippen molar-refractivity contribution in [1.82, 2.24) is 24.6 Å². The number of carbonyl (C=O) groups excluding carboxylic acids is 1. The Morgan fingerprint density at radius 2 is 1.97 bits per heavy atom. The second kappa shape index (κ2) is 7.89. The lowest BCUT2D eigenvalue weighted by atomic mass is 9.83. The van der Waals surface area contributed by atoms with Crippen LogP contribution in [0, 0.1) is 6.92 Å². The van der Waals surface area contributed by atoms with Gasteiger partial charge in [0.2, 0.25) is 0 Å². The molecule has 1 saturated heterocycles. The third-order valence-electron chi connectivity index (χ3n) is 6.44. The van der Waals surface area contributed by atoms with Crippen molar-refractivity contribution in [2.24, 2.45) is 0 Å². The van der Waals surface area contributed by atoms with Crippen molar-refractivity contribution in [3.8, 4) is 11.4 Å². The molecule has 31 heavy (non-hydrogen) atoms. The van der Waals surface area contributed by atoms with E-state index in [1.54, 1.807) is 0 Å². The molecule has 5 rings (SSSR count). The quantitative estimate of drug-likeness (QED) is 0.653. The third-order valence-corrected chi connectivity index (χ3v) is 6.44. The molecule has 1 aromatic carbocycles. The number of nitrogens with zero attached hydrogens (tertiary/aromatic N) is 5. The van der Waals surface area contributed by atoms with Gasteiger partial charge >= 0.3 is 0 Å². The van der Waals surface area contributed by atoms with Crippen molar-refractivity contribution in [1.29, 1.82) is 0 Å². The van der Waals surface area contributed by atoms with Gasteiger partial charge in [-0.25, -0.2) is 9.97 Å². The number of piperidine rings is 1. The van der Waals surface area contributed by atoms with Crippen LogP contribution in [0.1, 0.15) is 47.2 Å². The maximum atomic E-state index is 13.0. The van der Waals surface area contributed by atoms with E-state index in [1.807, 2.05) is 66.0 Å². The summed E-state index contributed by atoms with van der Waals surface area (Å²) in [6.45, 7) is 6.69. The van der Waals surface area contributed by atoms with Crippen molar-refractivity contribution >= 4 is 5.91 Å². The molecule has 1 amide bonds. The van der Waals surface area contributed by atoms with Gasteiger partial charge < -0.3 is 9.64 Å². The number of rotatable bonds is 3. The van der Waals surface area contributed by atoms with E-state index in [1.165, 1.54) is 0 Å². The highest BCUT2D eigenvalue weighted by molar-refractivity contribution is 5.92. The van der Waals surface area contributed by atoms with E-state index in [0.29, 0.717) is 25.4 Å². The van der Waals surface area contributed by atoms with E-state index in [0.717, 1.165) is 54.1 Å². The summed E-state index contributed by atoms with van der Waals surface area (Å²) in [6.07, 6.45) is 4.23. The number of ether oxygens (including phenoxy) is 1. The fourth-order valence-electron chi connectivity index (χ4n) is 4.68. The first kappa shape index (κ1) is 19.9. The fourth-order valence-corrected chi connectivity index (χ4v) is 4.68. The Balaban J connectivity index is 1.39. The number of likely N-dealkylation sites (tertiary alicyclic amines) is 1. The predicted octanol–water partition coefficient (Wildman–Crippen LogP) is 3.37. The predicted molar refractivity (Wildman–Crippen MR) is 117 cm³/mol. The standard InChI is InChI=1S/C24H27N5O2/c1-3-29-17(2)15-20(27-29)23(30)28-12-10-24(11-13-28)21-19(9-14-31-24)16-25-22(26-21)18-7-5-4-6-8-18/h4-8,15-16H,3,9-14H2,1-2H3. The SMILES string of the molecule is CCn1nc(C(=O)N2CCC3(CC2)OCCc2cnc(-c4ccccc4)nc23)cc1C. The molecule has 7 nitrogen and oxygen atoms in total. The Hall–Kier alpha value is -3.06. The number of aromatic nitrogens is 4. The fraction of sp³-hybridized carbons (Fsp3) is 0.417. The molecule has 0 unspecified atom stereocenters. The summed E-state index contributed by atoms with van der Waals surface area (Å²) in [6, 6.07) is 11.9. The molecule has 0 N–H and O–H groups in total. The van der Waals surface area contributed by atoms with Gasteiger partial charge in [0.15, 0.2) is 11.5 Å². The van der Waals surface area contributed by atoms with E-state index in [4.69, 9.17) is 9.72 Å². The van der Waals surface area contributed by atoms with Gasteiger partial charge in [-0.3, -0.25) is 9.48 Å². The van der Waals surface area contributed by atoms with Crippen LogP contribution in [-0.2, 0) is 23.3 Å². The van der Waals surface area contributed by atoms with Crippen LogP contribution >= 0.6 is 0 Å². The summed E-state index contributed by atoms with van der Waals surface area (Å²) in [7, 11) is 0. The van der Waals surface area contributed by atoms with Crippen molar-refractivity contribution in [3.63, 3.8) is 0 Å². The average molecular weight is 418 g/mol. The van der Waals surface area contributed by atoms with Gasteiger partial charge in [0, 0.05) is 37.1 Å². The van der Waals surface area contributed by atoms with Crippen LogP contribution in [0.25, 0.3) is 11.4 Å². The van der Waals surface area contributed by atoms with Gasteiger partial charge in [-0.05, 0) is 44.7 Å². The van der Waals surface area contributed by atoms with Gasteiger partial charge in [-0.1, -0.05) is 30.3 Å². The molecular formula is C24H27N5O2. The smallest absolute Gasteiger partial charge is 0.274 e. The zero-order valence-electron chi connectivity index (χ0n) is 18.0. The number of aryl methyl sites for hydroxylation is 2. The molecule has 2 aliphatic heterocycles. The summed E-state index contributed by atoms with van der Waals surface area (Å²) < 4.78 is 8.21. The summed E-state index contributed by atoms with van der Waals surface area (Å²) >= 11 is 0. The van der Waals surface area contributed by atoms with E-state index in [2.05, 4.69) is 10.1 Å².